The van der Waals surface area contributed by atoms with Gasteiger partial charge in [-0.3, -0.25) is 0 Å². The molecule has 1 heterocycles. The van der Waals surface area contributed by atoms with Gasteiger partial charge in [0.2, 0.25) is 0 Å². The van der Waals surface area contributed by atoms with Crippen molar-refractivity contribution < 1.29 is 23.8 Å². The number of hydrogen-bond acceptors (Lipinski definition) is 4. The minimum absolute atomic E-state index is 0.135. The Hall–Kier alpha value is -1.56. The van der Waals surface area contributed by atoms with Crippen molar-refractivity contribution >= 4 is 33.9 Å². The summed E-state index contributed by atoms with van der Waals surface area (Å²) in [5.41, 5.74) is 0.168. The van der Waals surface area contributed by atoms with Crippen LogP contribution in [0.2, 0.25) is 0 Å². The Balaban J connectivity index is 3.06. The molecule has 0 aliphatic rings. The van der Waals surface area contributed by atoms with Gasteiger partial charge in [0.25, 0.3) is 0 Å². The number of carboxylic acids is 1. The second-order valence-corrected chi connectivity index (χ2v) is 3.27. The molecule has 1 aromatic rings. The zero-order chi connectivity index (χ0) is 11.4. The number of carbonyl (C=O) groups is 2. The van der Waals surface area contributed by atoms with Gasteiger partial charge in [-0.25, -0.2) is 9.59 Å². The maximum absolute atomic E-state index is 11.2. The van der Waals surface area contributed by atoms with Gasteiger partial charge in [0.05, 0.1) is 7.11 Å². The molecule has 0 radical (unpaired) electrons. The van der Waals surface area contributed by atoms with Crippen molar-refractivity contribution in [1.82, 2.24) is 0 Å². The van der Waals surface area contributed by atoms with Crippen LogP contribution in [-0.2, 0) is 9.53 Å². The largest absolute Gasteiger partial charge is 0.478 e. The molecular weight excluding hydrogens is 268 g/mol. The molecule has 1 aromatic heterocycles. The number of methoxy groups -OCH3 is 1. The van der Waals surface area contributed by atoms with Gasteiger partial charge >= 0.3 is 11.9 Å². The summed E-state index contributed by atoms with van der Waals surface area (Å²) in [6, 6.07) is 1.41. The fourth-order valence-electron chi connectivity index (χ4n) is 0.914. The molecule has 0 saturated carbocycles. The van der Waals surface area contributed by atoms with Crippen molar-refractivity contribution in [2.24, 2.45) is 0 Å². The SMILES string of the molecule is COC(=O)c1cc(Br)oc1/C=C/C(=O)O. The Morgan fingerprint density at radius 2 is 2.27 bits per heavy atom. The van der Waals surface area contributed by atoms with Crippen LogP contribution < -0.4 is 0 Å². The number of carbonyl (C=O) groups excluding carboxylic acids is 1. The molecule has 15 heavy (non-hydrogen) atoms. The lowest BCUT2D eigenvalue weighted by Crippen LogP contribution is -2.01. The number of carboxylic acid groups (broad SMARTS) is 1. The molecule has 6 heteroatoms. The van der Waals surface area contributed by atoms with Crippen molar-refractivity contribution in [1.29, 1.82) is 0 Å². The van der Waals surface area contributed by atoms with Gasteiger partial charge in [-0.1, -0.05) is 0 Å². The molecule has 0 atom stereocenters. The van der Waals surface area contributed by atoms with Crippen LogP contribution in [0.4, 0.5) is 0 Å². The van der Waals surface area contributed by atoms with Gasteiger partial charge in [-0.2, -0.15) is 0 Å². The topological polar surface area (TPSA) is 76.7 Å². The summed E-state index contributed by atoms with van der Waals surface area (Å²) >= 11 is 3.03. The average molecular weight is 275 g/mol. The molecule has 1 N–H and O–H groups in total. The minimum atomic E-state index is -1.13. The third-order valence-electron chi connectivity index (χ3n) is 1.51. The highest BCUT2D eigenvalue weighted by atomic mass is 79.9. The van der Waals surface area contributed by atoms with E-state index in [9.17, 15) is 9.59 Å². The lowest BCUT2D eigenvalue weighted by molar-refractivity contribution is -0.131. The van der Waals surface area contributed by atoms with Gasteiger partial charge in [0, 0.05) is 12.1 Å². The van der Waals surface area contributed by atoms with Crippen LogP contribution in [0, 0.1) is 0 Å². The monoisotopic (exact) mass is 274 g/mol. The third kappa shape index (κ3) is 2.95. The summed E-state index contributed by atoms with van der Waals surface area (Å²) in [7, 11) is 1.23. The fraction of sp³-hybridized carbons (Fsp3) is 0.111. The Morgan fingerprint density at radius 3 is 2.80 bits per heavy atom. The number of halogens is 1. The summed E-state index contributed by atoms with van der Waals surface area (Å²) in [5.74, 6) is -1.58. The molecule has 0 aromatic carbocycles. The smallest absolute Gasteiger partial charge is 0.341 e. The van der Waals surface area contributed by atoms with E-state index >= 15 is 0 Å². The molecule has 0 aliphatic carbocycles. The van der Waals surface area contributed by atoms with Crippen LogP contribution in [-0.4, -0.2) is 24.2 Å². The van der Waals surface area contributed by atoms with Crippen LogP contribution >= 0.6 is 15.9 Å². The van der Waals surface area contributed by atoms with E-state index in [2.05, 4.69) is 20.7 Å². The Bertz CT molecular complexity index is 418. The lowest BCUT2D eigenvalue weighted by Gasteiger charge is -1.94. The zero-order valence-corrected chi connectivity index (χ0v) is 9.28. The van der Waals surface area contributed by atoms with Gasteiger partial charge in [0.1, 0.15) is 11.3 Å². The number of furan rings is 1. The summed E-state index contributed by atoms with van der Waals surface area (Å²) < 4.78 is 9.88. The number of ether oxygens (including phenoxy) is 1. The van der Waals surface area contributed by atoms with Crippen LogP contribution in [0.3, 0.4) is 0 Å². The van der Waals surface area contributed by atoms with Crippen molar-refractivity contribution in [2.45, 2.75) is 0 Å². The molecule has 0 bridgehead atoms. The van der Waals surface area contributed by atoms with Crippen molar-refractivity contribution in [3.05, 3.63) is 28.1 Å². The van der Waals surface area contributed by atoms with E-state index in [1.54, 1.807) is 0 Å². The molecule has 0 amide bonds. The van der Waals surface area contributed by atoms with E-state index in [0.29, 0.717) is 4.67 Å². The summed E-state index contributed by atoms with van der Waals surface area (Å²) in [5, 5.41) is 8.41. The highest BCUT2D eigenvalue weighted by molar-refractivity contribution is 9.10. The maximum atomic E-state index is 11.2. The Kier molecular flexibility index (Phi) is 3.68. The van der Waals surface area contributed by atoms with Crippen LogP contribution in [0.25, 0.3) is 6.08 Å². The van der Waals surface area contributed by atoms with Crippen molar-refractivity contribution in [3.63, 3.8) is 0 Å². The first-order chi connectivity index (χ1) is 7.04. The predicted octanol–water partition coefficient (Wildman–Crippen LogP) is 1.93. The normalized spacial score (nSPS) is 10.5. The number of esters is 1. The highest BCUT2D eigenvalue weighted by Gasteiger charge is 2.15. The molecule has 0 fully saturated rings. The third-order valence-corrected chi connectivity index (χ3v) is 1.90. The predicted molar refractivity (Wildman–Crippen MR) is 54.4 cm³/mol. The molecule has 80 valence electrons. The minimum Gasteiger partial charge on any atom is -0.478 e. The molecule has 0 saturated heterocycles. The van der Waals surface area contributed by atoms with Gasteiger partial charge in [-0.15, -0.1) is 0 Å². The molecular formula is C9H7BrO5. The van der Waals surface area contributed by atoms with Gasteiger partial charge in [-0.05, 0) is 22.0 Å². The number of hydrogen-bond donors (Lipinski definition) is 1. The maximum Gasteiger partial charge on any atom is 0.341 e. The summed E-state index contributed by atoms with van der Waals surface area (Å²) in [4.78, 5) is 21.5. The van der Waals surface area contributed by atoms with E-state index in [1.807, 2.05) is 0 Å². The molecule has 1 rings (SSSR count). The van der Waals surface area contributed by atoms with Gasteiger partial charge < -0.3 is 14.3 Å². The highest BCUT2D eigenvalue weighted by Crippen LogP contribution is 2.22. The first-order valence-electron chi connectivity index (χ1n) is 3.83. The Morgan fingerprint density at radius 1 is 1.60 bits per heavy atom. The number of aliphatic carboxylic acids is 1. The standard InChI is InChI=1S/C9H7BrO5/c1-14-9(13)5-4-7(10)15-6(5)2-3-8(11)12/h2-4H,1H3,(H,11,12)/b3-2+. The lowest BCUT2D eigenvalue weighted by atomic mass is 10.2. The van der Waals surface area contributed by atoms with E-state index < -0.39 is 11.9 Å². The second-order valence-electron chi connectivity index (χ2n) is 2.49. The van der Waals surface area contributed by atoms with Crippen LogP contribution in [0.15, 0.2) is 21.2 Å². The van der Waals surface area contributed by atoms with Crippen LogP contribution in [0.5, 0.6) is 0 Å². The molecule has 0 aliphatic heterocycles. The Labute approximate surface area is 93.5 Å². The van der Waals surface area contributed by atoms with E-state index in [1.165, 1.54) is 19.3 Å². The number of rotatable bonds is 3. The van der Waals surface area contributed by atoms with E-state index in [0.717, 1.165) is 6.08 Å². The zero-order valence-electron chi connectivity index (χ0n) is 7.69. The van der Waals surface area contributed by atoms with E-state index in [-0.39, 0.29) is 11.3 Å². The quantitative estimate of drug-likeness (QED) is 0.673. The van der Waals surface area contributed by atoms with Gasteiger partial charge in [0.15, 0.2) is 4.67 Å². The van der Waals surface area contributed by atoms with E-state index in [4.69, 9.17) is 9.52 Å². The first-order valence-corrected chi connectivity index (χ1v) is 4.62. The molecule has 0 unspecified atom stereocenters. The molecule has 5 nitrogen and oxygen atoms in total. The van der Waals surface area contributed by atoms with Crippen molar-refractivity contribution in [3.8, 4) is 0 Å². The first kappa shape index (κ1) is 11.5. The fourth-order valence-corrected chi connectivity index (χ4v) is 1.32. The molecule has 0 spiro atoms. The summed E-state index contributed by atoms with van der Waals surface area (Å²) in [6.45, 7) is 0. The van der Waals surface area contributed by atoms with Crippen molar-refractivity contribution in [2.75, 3.05) is 7.11 Å². The average Bonchev–Trinajstić information content (AvgIpc) is 2.55. The summed E-state index contributed by atoms with van der Waals surface area (Å²) in [6.07, 6.45) is 2.05. The van der Waals surface area contributed by atoms with Crippen LogP contribution in [0.1, 0.15) is 16.1 Å². The second kappa shape index (κ2) is 4.79.